The predicted octanol–water partition coefficient (Wildman–Crippen LogP) is -0.274. The number of likely N-dealkylation sites (tertiary alicyclic amines) is 1. The van der Waals surface area contributed by atoms with Crippen molar-refractivity contribution >= 4 is 41.1 Å². The third-order valence-electron chi connectivity index (χ3n) is 5.44. The molecular weight excluding hydrogens is 466 g/mol. The second-order valence-corrected chi connectivity index (χ2v) is 9.14. The third kappa shape index (κ3) is 6.43. The molecule has 4 amide bonds. The SMILES string of the molecule is CC(C)OC(=O)CNC(=O)[C@@H]1CCCN1C(=O)[C@H](Cc1cscn1)NC(=O)[C@H]1NC(=O)O[C@H]1C. The van der Waals surface area contributed by atoms with E-state index in [0.29, 0.717) is 25.1 Å². The molecule has 0 saturated carbocycles. The fourth-order valence-corrected chi connectivity index (χ4v) is 4.46. The average Bonchev–Trinajstić information content (AvgIpc) is 3.51. The molecule has 0 aromatic carbocycles. The molecular formula is C21H29N5O7S. The third-order valence-corrected chi connectivity index (χ3v) is 6.08. The van der Waals surface area contributed by atoms with Crippen LogP contribution < -0.4 is 16.0 Å². The topological polar surface area (TPSA) is 156 Å². The molecule has 2 aliphatic heterocycles. The van der Waals surface area contributed by atoms with Crippen LogP contribution in [0.25, 0.3) is 0 Å². The van der Waals surface area contributed by atoms with Crippen LogP contribution in [0, 0.1) is 0 Å². The van der Waals surface area contributed by atoms with Gasteiger partial charge in [0.2, 0.25) is 17.7 Å². The van der Waals surface area contributed by atoms with Crippen LogP contribution >= 0.6 is 11.3 Å². The van der Waals surface area contributed by atoms with Crippen molar-refractivity contribution < 1.29 is 33.4 Å². The van der Waals surface area contributed by atoms with Crippen molar-refractivity contribution in [1.82, 2.24) is 25.8 Å². The molecule has 2 saturated heterocycles. The smallest absolute Gasteiger partial charge is 0.408 e. The number of thiazole rings is 1. The number of hydrogen-bond donors (Lipinski definition) is 3. The maximum Gasteiger partial charge on any atom is 0.408 e. The van der Waals surface area contributed by atoms with Gasteiger partial charge in [-0.3, -0.25) is 19.2 Å². The highest BCUT2D eigenvalue weighted by atomic mass is 32.1. The number of carbonyl (C=O) groups is 5. The van der Waals surface area contributed by atoms with Crippen molar-refractivity contribution in [3.8, 4) is 0 Å². The molecule has 12 nitrogen and oxygen atoms in total. The van der Waals surface area contributed by atoms with Gasteiger partial charge in [-0.05, 0) is 33.6 Å². The van der Waals surface area contributed by atoms with Crippen LogP contribution in [0.2, 0.25) is 0 Å². The molecule has 0 radical (unpaired) electrons. The summed E-state index contributed by atoms with van der Waals surface area (Å²) >= 11 is 1.36. The summed E-state index contributed by atoms with van der Waals surface area (Å²) in [5, 5.41) is 9.41. The molecule has 3 heterocycles. The number of amides is 4. The number of ether oxygens (including phenoxy) is 2. The molecule has 34 heavy (non-hydrogen) atoms. The first-order chi connectivity index (χ1) is 16.2. The normalized spacial score (nSPS) is 22.6. The number of esters is 1. The second-order valence-electron chi connectivity index (χ2n) is 8.42. The van der Waals surface area contributed by atoms with Gasteiger partial charge in [0.25, 0.3) is 0 Å². The lowest BCUT2D eigenvalue weighted by Crippen LogP contribution is -2.57. The van der Waals surface area contributed by atoms with Gasteiger partial charge < -0.3 is 30.3 Å². The van der Waals surface area contributed by atoms with E-state index in [9.17, 15) is 24.0 Å². The number of rotatable bonds is 9. The highest BCUT2D eigenvalue weighted by molar-refractivity contribution is 7.07. The number of hydrogen-bond acceptors (Lipinski definition) is 9. The highest BCUT2D eigenvalue weighted by Crippen LogP contribution is 2.20. The lowest BCUT2D eigenvalue weighted by atomic mass is 10.1. The van der Waals surface area contributed by atoms with E-state index < -0.39 is 54.0 Å². The first kappa shape index (κ1) is 25.4. The van der Waals surface area contributed by atoms with Gasteiger partial charge in [-0.15, -0.1) is 11.3 Å². The molecule has 4 atom stereocenters. The van der Waals surface area contributed by atoms with Gasteiger partial charge in [0, 0.05) is 18.3 Å². The number of cyclic esters (lactones) is 1. The van der Waals surface area contributed by atoms with Gasteiger partial charge in [-0.1, -0.05) is 0 Å². The summed E-state index contributed by atoms with van der Waals surface area (Å²) in [5.74, 6) is -2.04. The zero-order chi connectivity index (χ0) is 24.8. The summed E-state index contributed by atoms with van der Waals surface area (Å²) in [7, 11) is 0. The Bertz CT molecular complexity index is 923. The highest BCUT2D eigenvalue weighted by Gasteiger charge is 2.41. The van der Waals surface area contributed by atoms with Crippen LogP contribution in [0.3, 0.4) is 0 Å². The van der Waals surface area contributed by atoms with Crippen LogP contribution in [0.4, 0.5) is 4.79 Å². The van der Waals surface area contributed by atoms with Crippen LogP contribution in [0.15, 0.2) is 10.9 Å². The zero-order valence-electron chi connectivity index (χ0n) is 19.2. The number of carbonyl (C=O) groups excluding carboxylic acids is 5. The Morgan fingerprint density at radius 2 is 2.09 bits per heavy atom. The van der Waals surface area contributed by atoms with Crippen LogP contribution in [-0.2, 0) is 35.1 Å². The van der Waals surface area contributed by atoms with E-state index in [0.717, 1.165) is 0 Å². The summed E-state index contributed by atoms with van der Waals surface area (Å²) < 4.78 is 9.97. The van der Waals surface area contributed by atoms with E-state index in [1.165, 1.54) is 16.2 Å². The molecule has 0 bridgehead atoms. The van der Waals surface area contributed by atoms with Crippen LogP contribution in [0.1, 0.15) is 39.3 Å². The van der Waals surface area contributed by atoms with Crippen LogP contribution in [-0.4, -0.2) is 83.1 Å². The Kier molecular flexibility index (Phi) is 8.42. The minimum Gasteiger partial charge on any atom is -0.462 e. The first-order valence-electron chi connectivity index (χ1n) is 11.1. The molecule has 0 spiro atoms. The quantitative estimate of drug-likeness (QED) is 0.395. The minimum atomic E-state index is -1.00. The van der Waals surface area contributed by atoms with Gasteiger partial charge in [0.1, 0.15) is 30.8 Å². The average molecular weight is 496 g/mol. The van der Waals surface area contributed by atoms with E-state index >= 15 is 0 Å². The molecule has 1 aromatic rings. The number of nitrogens with one attached hydrogen (secondary N) is 3. The van der Waals surface area contributed by atoms with Gasteiger partial charge in [-0.25, -0.2) is 9.78 Å². The van der Waals surface area contributed by atoms with Crippen LogP contribution in [0.5, 0.6) is 0 Å². The molecule has 13 heteroatoms. The molecule has 0 aliphatic carbocycles. The van der Waals surface area contributed by atoms with E-state index in [-0.39, 0.29) is 19.1 Å². The Morgan fingerprint density at radius 3 is 2.71 bits per heavy atom. The lowest BCUT2D eigenvalue weighted by molar-refractivity contribution is -0.148. The van der Waals surface area contributed by atoms with Crippen molar-refractivity contribution in [1.29, 1.82) is 0 Å². The van der Waals surface area contributed by atoms with Gasteiger partial charge in [0.15, 0.2) is 0 Å². The van der Waals surface area contributed by atoms with Gasteiger partial charge in [-0.2, -0.15) is 0 Å². The molecule has 186 valence electrons. The van der Waals surface area contributed by atoms with E-state index in [1.807, 2.05) is 0 Å². The summed E-state index contributed by atoms with van der Waals surface area (Å²) in [5.41, 5.74) is 2.23. The number of alkyl carbamates (subject to hydrolysis) is 1. The van der Waals surface area contributed by atoms with Gasteiger partial charge in [0.05, 0.1) is 17.3 Å². The zero-order valence-corrected chi connectivity index (χ0v) is 20.1. The van der Waals surface area contributed by atoms with E-state index in [4.69, 9.17) is 9.47 Å². The molecule has 1 aromatic heterocycles. The van der Waals surface area contributed by atoms with Crippen molar-refractivity contribution in [2.75, 3.05) is 13.1 Å². The first-order valence-corrected chi connectivity index (χ1v) is 12.0. The number of aromatic nitrogens is 1. The van der Waals surface area contributed by atoms with Crippen molar-refractivity contribution in [3.63, 3.8) is 0 Å². The maximum atomic E-state index is 13.5. The van der Waals surface area contributed by atoms with Gasteiger partial charge >= 0.3 is 12.1 Å². The van der Waals surface area contributed by atoms with Crippen molar-refractivity contribution in [2.24, 2.45) is 0 Å². The standard InChI is InChI=1S/C21H29N5O7S/c1-11(2)32-16(27)8-22-18(28)15-5-4-6-26(15)20(30)14(7-13-9-34-10-23-13)24-19(29)17-12(3)33-21(31)25-17/h9-12,14-15,17H,4-8H2,1-3H3,(H,22,28)(H,24,29)(H,25,31)/t12-,14-,15-,17-/m0/s1. The Balaban J connectivity index is 1.69. The Morgan fingerprint density at radius 1 is 1.32 bits per heavy atom. The van der Waals surface area contributed by atoms with Crippen molar-refractivity contribution in [2.45, 2.75) is 70.4 Å². The largest absolute Gasteiger partial charge is 0.462 e. The summed E-state index contributed by atoms with van der Waals surface area (Å²) in [6, 6.07) is -2.72. The summed E-state index contributed by atoms with van der Waals surface area (Å²) in [4.78, 5) is 67.8. The summed E-state index contributed by atoms with van der Waals surface area (Å²) in [6.07, 6.45) is -0.559. The van der Waals surface area contributed by atoms with Crippen molar-refractivity contribution in [3.05, 3.63) is 16.6 Å². The maximum absolute atomic E-state index is 13.5. The van der Waals surface area contributed by atoms with E-state index in [1.54, 1.807) is 31.7 Å². The predicted molar refractivity (Wildman–Crippen MR) is 120 cm³/mol. The Hall–Kier alpha value is -3.22. The lowest BCUT2D eigenvalue weighted by Gasteiger charge is -2.29. The molecule has 0 unspecified atom stereocenters. The monoisotopic (exact) mass is 495 g/mol. The minimum absolute atomic E-state index is 0.121. The summed E-state index contributed by atoms with van der Waals surface area (Å²) in [6.45, 7) is 5.02. The fourth-order valence-electron chi connectivity index (χ4n) is 3.89. The molecule has 3 rings (SSSR count). The molecule has 2 fully saturated rings. The molecule has 3 N–H and O–H groups in total. The second kappa shape index (κ2) is 11.3. The molecule has 2 aliphatic rings. The number of nitrogens with zero attached hydrogens (tertiary/aromatic N) is 2. The Labute approximate surface area is 200 Å². The fraction of sp³-hybridized carbons (Fsp3) is 0.619. The van der Waals surface area contributed by atoms with E-state index in [2.05, 4.69) is 20.9 Å².